The van der Waals surface area contributed by atoms with Crippen LogP contribution in [0, 0.1) is 16.0 Å². The fourth-order valence-corrected chi connectivity index (χ4v) is 2.58. The summed E-state index contributed by atoms with van der Waals surface area (Å²) in [6, 6.07) is 4.38. The van der Waals surface area contributed by atoms with Gasteiger partial charge in [0.25, 0.3) is 5.69 Å². The van der Waals surface area contributed by atoms with Crippen molar-refractivity contribution < 1.29 is 9.72 Å². The molecule has 7 heteroatoms. The molecule has 96 valence electrons. The second-order valence-corrected chi connectivity index (χ2v) is 5.06. The van der Waals surface area contributed by atoms with Gasteiger partial charge in [-0.2, -0.15) is 0 Å². The molecule has 0 saturated carbocycles. The first-order valence-corrected chi connectivity index (χ1v) is 6.26. The van der Waals surface area contributed by atoms with E-state index >= 15 is 0 Å². The largest absolute Gasteiger partial charge is 0.330 e. The number of nitrogens with zero attached hydrogens (tertiary/aromatic N) is 2. The van der Waals surface area contributed by atoms with E-state index in [4.69, 9.17) is 5.73 Å². The molecule has 0 aromatic heterocycles. The minimum absolute atomic E-state index is 0.00000283. The van der Waals surface area contributed by atoms with Crippen molar-refractivity contribution in [3.63, 3.8) is 0 Å². The van der Waals surface area contributed by atoms with Crippen molar-refractivity contribution >= 4 is 33.2 Å². The highest BCUT2D eigenvalue weighted by molar-refractivity contribution is 9.10. The maximum Gasteiger partial charge on any atom is 0.270 e. The summed E-state index contributed by atoms with van der Waals surface area (Å²) in [4.78, 5) is 23.6. The molecule has 1 heterocycles. The molecular weight excluding hydrogens is 302 g/mol. The zero-order chi connectivity index (χ0) is 13.3. The Morgan fingerprint density at radius 2 is 2.28 bits per heavy atom. The summed E-state index contributed by atoms with van der Waals surface area (Å²) in [5.41, 5.74) is 6.21. The molecule has 6 nitrogen and oxygen atoms in total. The van der Waals surface area contributed by atoms with Crippen molar-refractivity contribution in [2.24, 2.45) is 11.7 Å². The molecule has 0 radical (unpaired) electrons. The number of rotatable bonds is 3. The van der Waals surface area contributed by atoms with Crippen LogP contribution in [-0.2, 0) is 4.79 Å². The SMILES string of the molecule is NCC1CC(=O)N(c2ccc([N+](=O)[O-])cc2Br)C1. The molecule has 1 unspecified atom stereocenters. The van der Waals surface area contributed by atoms with Crippen LogP contribution in [0.25, 0.3) is 0 Å². The van der Waals surface area contributed by atoms with E-state index in [1.807, 2.05) is 0 Å². The summed E-state index contributed by atoms with van der Waals surface area (Å²) in [5.74, 6) is 0.152. The molecule has 2 rings (SSSR count). The quantitative estimate of drug-likeness (QED) is 0.679. The lowest BCUT2D eigenvalue weighted by Crippen LogP contribution is -2.26. The molecule has 0 spiro atoms. The summed E-state index contributed by atoms with van der Waals surface area (Å²) in [6.07, 6.45) is 0.430. The van der Waals surface area contributed by atoms with E-state index in [1.54, 1.807) is 11.0 Å². The summed E-state index contributed by atoms with van der Waals surface area (Å²) < 4.78 is 0.544. The lowest BCUT2D eigenvalue weighted by atomic mass is 10.1. The number of non-ortho nitro benzene ring substituents is 1. The summed E-state index contributed by atoms with van der Waals surface area (Å²) >= 11 is 3.27. The average Bonchev–Trinajstić information content (AvgIpc) is 2.70. The van der Waals surface area contributed by atoms with Gasteiger partial charge in [0.15, 0.2) is 0 Å². The van der Waals surface area contributed by atoms with Crippen LogP contribution in [0.2, 0.25) is 0 Å². The first-order valence-electron chi connectivity index (χ1n) is 5.47. The number of benzene rings is 1. The molecule has 0 bridgehead atoms. The topological polar surface area (TPSA) is 89.5 Å². The number of amides is 1. The van der Waals surface area contributed by atoms with E-state index in [1.165, 1.54) is 12.1 Å². The van der Waals surface area contributed by atoms with Crippen LogP contribution in [0.4, 0.5) is 11.4 Å². The molecule has 1 fully saturated rings. The zero-order valence-electron chi connectivity index (χ0n) is 9.51. The number of nitro benzene ring substituents is 1. The molecule has 1 aromatic rings. The highest BCUT2D eigenvalue weighted by atomic mass is 79.9. The maximum absolute atomic E-state index is 11.8. The Labute approximate surface area is 112 Å². The zero-order valence-corrected chi connectivity index (χ0v) is 11.1. The number of halogens is 1. The van der Waals surface area contributed by atoms with Gasteiger partial charge in [-0.05, 0) is 34.5 Å². The minimum Gasteiger partial charge on any atom is -0.330 e. The van der Waals surface area contributed by atoms with Gasteiger partial charge in [0.05, 0.1) is 10.6 Å². The van der Waals surface area contributed by atoms with Gasteiger partial charge in [-0.25, -0.2) is 0 Å². The Kier molecular flexibility index (Phi) is 3.63. The first kappa shape index (κ1) is 13.0. The normalized spacial score (nSPS) is 19.3. The van der Waals surface area contributed by atoms with Gasteiger partial charge in [-0.3, -0.25) is 14.9 Å². The lowest BCUT2D eigenvalue weighted by Gasteiger charge is -2.17. The molecule has 18 heavy (non-hydrogen) atoms. The smallest absolute Gasteiger partial charge is 0.270 e. The number of hydrogen-bond acceptors (Lipinski definition) is 4. The van der Waals surface area contributed by atoms with Gasteiger partial charge in [0.1, 0.15) is 0 Å². The van der Waals surface area contributed by atoms with Gasteiger partial charge < -0.3 is 10.6 Å². The van der Waals surface area contributed by atoms with Gasteiger partial charge >= 0.3 is 0 Å². The molecule has 1 atom stereocenters. The number of carbonyl (C=O) groups is 1. The standard InChI is InChI=1S/C11H12BrN3O3/c12-9-4-8(15(17)18)1-2-10(9)14-6-7(5-13)3-11(14)16/h1-2,4,7H,3,5-6,13H2. The van der Waals surface area contributed by atoms with Gasteiger partial charge in [0, 0.05) is 29.6 Å². The molecule has 1 aromatic carbocycles. The molecule has 1 saturated heterocycles. The fraction of sp³-hybridized carbons (Fsp3) is 0.364. The van der Waals surface area contributed by atoms with Crippen LogP contribution in [0.15, 0.2) is 22.7 Å². The van der Waals surface area contributed by atoms with Crippen LogP contribution < -0.4 is 10.6 Å². The van der Waals surface area contributed by atoms with Gasteiger partial charge in [0.2, 0.25) is 5.91 Å². The third-order valence-electron chi connectivity index (χ3n) is 2.97. The van der Waals surface area contributed by atoms with E-state index in [2.05, 4.69) is 15.9 Å². The Hall–Kier alpha value is -1.47. The highest BCUT2D eigenvalue weighted by Crippen LogP contribution is 2.33. The predicted octanol–water partition coefficient (Wildman–Crippen LogP) is 1.67. The molecule has 1 amide bonds. The first-order chi connectivity index (χ1) is 8.52. The van der Waals surface area contributed by atoms with Crippen molar-refractivity contribution in [2.45, 2.75) is 6.42 Å². The molecular formula is C11H12BrN3O3. The van der Waals surface area contributed by atoms with Crippen LogP contribution in [0.1, 0.15) is 6.42 Å². The van der Waals surface area contributed by atoms with E-state index in [0.29, 0.717) is 29.7 Å². The summed E-state index contributed by atoms with van der Waals surface area (Å²) in [6.45, 7) is 1.03. The van der Waals surface area contributed by atoms with Crippen molar-refractivity contribution in [1.82, 2.24) is 0 Å². The van der Waals surface area contributed by atoms with Crippen LogP contribution in [-0.4, -0.2) is 23.9 Å². The molecule has 1 aliphatic rings. The average molecular weight is 314 g/mol. The van der Waals surface area contributed by atoms with Crippen molar-refractivity contribution in [1.29, 1.82) is 0 Å². The third kappa shape index (κ3) is 2.37. The minimum atomic E-state index is -0.469. The van der Waals surface area contributed by atoms with Crippen LogP contribution >= 0.6 is 15.9 Å². The van der Waals surface area contributed by atoms with Gasteiger partial charge in [-0.15, -0.1) is 0 Å². The second-order valence-electron chi connectivity index (χ2n) is 4.20. The Morgan fingerprint density at radius 1 is 1.56 bits per heavy atom. The Bertz CT molecular complexity index is 506. The third-order valence-corrected chi connectivity index (χ3v) is 3.61. The van der Waals surface area contributed by atoms with E-state index in [-0.39, 0.29) is 17.5 Å². The highest BCUT2D eigenvalue weighted by Gasteiger charge is 2.31. The van der Waals surface area contributed by atoms with E-state index in [9.17, 15) is 14.9 Å². The van der Waals surface area contributed by atoms with E-state index in [0.717, 1.165) is 0 Å². The second kappa shape index (κ2) is 5.03. The maximum atomic E-state index is 11.8. The Balaban J connectivity index is 2.29. The number of hydrogen-bond donors (Lipinski definition) is 1. The Morgan fingerprint density at radius 3 is 2.78 bits per heavy atom. The number of nitro groups is 1. The number of nitrogens with two attached hydrogens (primary N) is 1. The number of carbonyl (C=O) groups excluding carboxylic acids is 1. The number of anilines is 1. The van der Waals surface area contributed by atoms with E-state index < -0.39 is 4.92 Å². The monoisotopic (exact) mass is 313 g/mol. The van der Waals surface area contributed by atoms with Crippen LogP contribution in [0.3, 0.4) is 0 Å². The van der Waals surface area contributed by atoms with Gasteiger partial charge in [-0.1, -0.05) is 0 Å². The summed E-state index contributed by atoms with van der Waals surface area (Å²) in [7, 11) is 0. The van der Waals surface area contributed by atoms with Crippen molar-refractivity contribution in [2.75, 3.05) is 18.0 Å². The summed E-state index contributed by atoms with van der Waals surface area (Å²) in [5, 5.41) is 10.6. The molecule has 0 aliphatic carbocycles. The fourth-order valence-electron chi connectivity index (χ4n) is 2.00. The molecule has 1 aliphatic heterocycles. The van der Waals surface area contributed by atoms with Crippen LogP contribution in [0.5, 0.6) is 0 Å². The molecule has 2 N–H and O–H groups in total. The van der Waals surface area contributed by atoms with Crippen molar-refractivity contribution in [3.8, 4) is 0 Å². The van der Waals surface area contributed by atoms with Crippen molar-refractivity contribution in [3.05, 3.63) is 32.8 Å². The predicted molar refractivity (Wildman–Crippen MR) is 70.3 cm³/mol. The lowest BCUT2D eigenvalue weighted by molar-refractivity contribution is -0.384.